The minimum absolute atomic E-state index is 1.22. The predicted molar refractivity (Wildman–Crippen MR) is 234 cm³/mol. The zero-order valence-corrected chi connectivity index (χ0v) is 31.2. The van der Waals surface area contributed by atoms with Crippen LogP contribution in [-0.2, 0) is 0 Å². The van der Waals surface area contributed by atoms with Gasteiger partial charge in [0.2, 0.25) is 0 Å². The van der Waals surface area contributed by atoms with Gasteiger partial charge in [0.05, 0.1) is 0 Å². The maximum Gasteiger partial charge on any atom is 0.123 e. The van der Waals surface area contributed by atoms with Crippen LogP contribution in [0.2, 0.25) is 12.1 Å². The number of hydrogen-bond acceptors (Lipinski definition) is 1. The fraction of sp³-hybridized carbons (Fsp3) is 0.0769. The average molecular weight is 706 g/mol. The molecule has 9 aromatic carbocycles. The molecule has 0 unspecified atom stereocenters. The van der Waals surface area contributed by atoms with E-state index in [1.54, 1.807) is 10.4 Å². The minimum Gasteiger partial charge on any atom is -0.311 e. The molecule has 0 radical (unpaired) electrons. The van der Waals surface area contributed by atoms with E-state index in [2.05, 4.69) is 193 Å². The summed E-state index contributed by atoms with van der Waals surface area (Å²) in [5, 5.41) is 11.0. The highest BCUT2D eigenvalue weighted by Gasteiger charge is 2.47. The third kappa shape index (κ3) is 4.63. The topological polar surface area (TPSA) is 3.24 Å². The van der Waals surface area contributed by atoms with Crippen LogP contribution in [0.15, 0.2) is 188 Å². The van der Waals surface area contributed by atoms with Gasteiger partial charge < -0.3 is 4.90 Å². The summed E-state index contributed by atoms with van der Waals surface area (Å²) in [5.41, 5.74) is 11.4. The molecule has 11 rings (SSSR count). The Labute approximate surface area is 317 Å². The van der Waals surface area contributed by atoms with Gasteiger partial charge in [-0.2, -0.15) is 0 Å². The van der Waals surface area contributed by atoms with Crippen LogP contribution in [0, 0.1) is 0 Å². The lowest BCUT2D eigenvalue weighted by atomic mass is 9.81. The van der Waals surface area contributed by atoms with Crippen molar-refractivity contribution < 1.29 is 0 Å². The summed E-state index contributed by atoms with van der Waals surface area (Å²) in [7, 11) is -1.83. The normalized spacial score (nSPS) is 14.5. The molecule has 0 atom stereocenters. The number of benzene rings is 9. The molecule has 256 valence electrons. The zero-order chi connectivity index (χ0) is 35.6. The van der Waals surface area contributed by atoms with Gasteiger partial charge in [0.1, 0.15) is 8.07 Å². The van der Waals surface area contributed by atoms with Crippen LogP contribution in [0.25, 0.3) is 65.7 Å². The summed E-state index contributed by atoms with van der Waals surface area (Å²) < 4.78 is 0. The van der Waals surface area contributed by atoms with E-state index in [9.17, 15) is 0 Å². The number of nitrogens with zero attached hydrogens (tertiary/aromatic N) is 1. The molecule has 0 bridgehead atoms. The van der Waals surface area contributed by atoms with E-state index in [-0.39, 0.29) is 0 Å². The molecule has 54 heavy (non-hydrogen) atoms. The van der Waals surface area contributed by atoms with Crippen molar-refractivity contribution in [1.82, 2.24) is 0 Å². The van der Waals surface area contributed by atoms with E-state index < -0.39 is 8.07 Å². The summed E-state index contributed by atoms with van der Waals surface area (Å²) in [6.07, 6.45) is 2.67. The molecule has 2 heteroatoms. The van der Waals surface area contributed by atoms with Crippen molar-refractivity contribution in [1.29, 1.82) is 0 Å². The molecule has 2 aliphatic heterocycles. The standard InChI is InChI=1S/C52H39NSi/c1-4-18-36(19-5-1)43-35-44(37-20-6-2-7-21-37)51-41-25-11-10-24-40(41)45-34-39(30-31-42(45)52(51)50(43)38-22-8-3-9-23-38)53-46-26-12-14-28-48(46)54(32-16-17-33-54)49-29-15-13-27-47(49)53/h1-15,18-31,34-35H,16-17,32-33H2. The Kier molecular flexibility index (Phi) is 7.21. The Morgan fingerprint density at radius 3 is 1.50 bits per heavy atom. The third-order valence-corrected chi connectivity index (χ3v) is 17.7. The van der Waals surface area contributed by atoms with E-state index in [1.807, 2.05) is 0 Å². The lowest BCUT2D eigenvalue weighted by Gasteiger charge is -2.42. The highest BCUT2D eigenvalue weighted by molar-refractivity contribution is 7.05. The Balaban J connectivity index is 1.28. The van der Waals surface area contributed by atoms with Crippen LogP contribution in [0.1, 0.15) is 12.8 Å². The Morgan fingerprint density at radius 2 is 0.870 bits per heavy atom. The second-order valence-electron chi connectivity index (χ2n) is 15.1. The van der Waals surface area contributed by atoms with Gasteiger partial charge in [-0.05, 0) is 118 Å². The number of para-hydroxylation sites is 2. The molecule has 0 aromatic heterocycles. The van der Waals surface area contributed by atoms with E-state index in [1.165, 1.54) is 108 Å². The van der Waals surface area contributed by atoms with E-state index >= 15 is 0 Å². The molecule has 1 fully saturated rings. The summed E-state index contributed by atoms with van der Waals surface area (Å²) in [4.78, 5) is 2.58. The minimum atomic E-state index is -1.83. The van der Waals surface area contributed by atoms with Gasteiger partial charge in [0.15, 0.2) is 0 Å². The summed E-state index contributed by atoms with van der Waals surface area (Å²) in [6.45, 7) is 0. The quantitative estimate of drug-likeness (QED) is 0.130. The molecule has 1 spiro atoms. The number of fused-ring (bicyclic) bond motifs is 10. The van der Waals surface area contributed by atoms with Crippen molar-refractivity contribution in [3.63, 3.8) is 0 Å². The Bertz CT molecular complexity index is 2820. The third-order valence-electron chi connectivity index (χ3n) is 12.4. The number of anilines is 3. The molecular formula is C52H39NSi. The van der Waals surface area contributed by atoms with Gasteiger partial charge in [0, 0.05) is 17.1 Å². The van der Waals surface area contributed by atoms with Gasteiger partial charge >= 0.3 is 0 Å². The van der Waals surface area contributed by atoms with Crippen LogP contribution in [0.5, 0.6) is 0 Å². The van der Waals surface area contributed by atoms with Gasteiger partial charge in [-0.25, -0.2) is 0 Å². The van der Waals surface area contributed by atoms with E-state index in [0.717, 1.165) is 0 Å². The maximum absolute atomic E-state index is 2.58. The molecule has 0 N–H and O–H groups in total. The van der Waals surface area contributed by atoms with Crippen molar-refractivity contribution in [3.05, 3.63) is 188 Å². The van der Waals surface area contributed by atoms with Crippen LogP contribution < -0.4 is 15.3 Å². The maximum atomic E-state index is 2.58. The van der Waals surface area contributed by atoms with Gasteiger partial charge in [-0.3, -0.25) is 0 Å². The monoisotopic (exact) mass is 705 g/mol. The fourth-order valence-corrected chi connectivity index (χ4v) is 15.6. The lowest BCUT2D eigenvalue weighted by molar-refractivity contribution is 0.935. The average Bonchev–Trinajstić information content (AvgIpc) is 3.75. The van der Waals surface area contributed by atoms with Crippen LogP contribution in [-0.4, -0.2) is 8.07 Å². The van der Waals surface area contributed by atoms with Gasteiger partial charge in [-0.15, -0.1) is 0 Å². The Hall–Kier alpha value is -6.22. The van der Waals surface area contributed by atoms with Crippen LogP contribution in [0.3, 0.4) is 0 Å². The molecule has 0 aliphatic carbocycles. The predicted octanol–water partition coefficient (Wildman–Crippen LogP) is 13.3. The fourth-order valence-electron chi connectivity index (χ4n) is 10.1. The lowest BCUT2D eigenvalue weighted by Crippen LogP contribution is -2.60. The smallest absolute Gasteiger partial charge is 0.123 e. The van der Waals surface area contributed by atoms with Crippen molar-refractivity contribution in [2.75, 3.05) is 4.90 Å². The summed E-state index contributed by atoms with van der Waals surface area (Å²) >= 11 is 0. The van der Waals surface area contributed by atoms with Gasteiger partial charge in [0.25, 0.3) is 0 Å². The van der Waals surface area contributed by atoms with Crippen LogP contribution >= 0.6 is 0 Å². The molecular weight excluding hydrogens is 667 g/mol. The molecule has 0 saturated carbocycles. The first kappa shape index (κ1) is 31.3. The largest absolute Gasteiger partial charge is 0.311 e. The van der Waals surface area contributed by atoms with Crippen molar-refractivity contribution in [2.24, 2.45) is 0 Å². The molecule has 2 heterocycles. The Morgan fingerprint density at radius 1 is 0.370 bits per heavy atom. The van der Waals surface area contributed by atoms with E-state index in [0.29, 0.717) is 0 Å². The van der Waals surface area contributed by atoms with Crippen molar-refractivity contribution in [2.45, 2.75) is 24.9 Å². The highest BCUT2D eigenvalue weighted by atomic mass is 28.3. The molecule has 1 nitrogen and oxygen atoms in total. The van der Waals surface area contributed by atoms with E-state index in [4.69, 9.17) is 0 Å². The van der Waals surface area contributed by atoms with Crippen molar-refractivity contribution in [3.8, 4) is 33.4 Å². The zero-order valence-electron chi connectivity index (χ0n) is 30.2. The number of hydrogen-bond donors (Lipinski definition) is 0. The SMILES string of the molecule is c1ccc(-c2cc(-c3ccccc3)c3c4ccccc4c4cc(N5c6ccccc6[Si]6(CCCC6)c6ccccc65)ccc4c3c2-c2ccccc2)cc1. The van der Waals surface area contributed by atoms with Crippen LogP contribution in [0.4, 0.5) is 17.1 Å². The summed E-state index contributed by atoms with van der Waals surface area (Å²) in [6, 6.07) is 73.2. The molecule has 2 aliphatic rings. The first-order valence-electron chi connectivity index (χ1n) is 19.4. The first-order chi connectivity index (χ1) is 26.8. The van der Waals surface area contributed by atoms with Gasteiger partial charge in [-0.1, -0.05) is 171 Å². The summed E-state index contributed by atoms with van der Waals surface area (Å²) in [5.74, 6) is 0. The highest BCUT2D eigenvalue weighted by Crippen LogP contribution is 2.50. The first-order valence-corrected chi connectivity index (χ1v) is 21.8. The second-order valence-corrected chi connectivity index (χ2v) is 19.4. The van der Waals surface area contributed by atoms with Crippen molar-refractivity contribution >= 4 is 67.8 Å². The molecule has 0 amide bonds. The number of rotatable bonds is 4. The second kappa shape index (κ2) is 12.4. The molecule has 9 aromatic rings. The molecule has 1 saturated heterocycles.